The third-order valence-electron chi connectivity index (χ3n) is 3.49. The summed E-state index contributed by atoms with van der Waals surface area (Å²) in [6.45, 7) is 0.866. The summed E-state index contributed by atoms with van der Waals surface area (Å²) >= 11 is 0. The average molecular weight is 336 g/mol. The van der Waals surface area contributed by atoms with Crippen LogP contribution in [0.15, 0.2) is 36.7 Å². The molecule has 3 rings (SSSR count). The molecule has 1 amide bonds. The van der Waals surface area contributed by atoms with Crippen LogP contribution in [0.4, 0.5) is 18.9 Å². The second-order valence-electron chi connectivity index (χ2n) is 5.23. The fourth-order valence-corrected chi connectivity index (χ4v) is 2.44. The first kappa shape index (κ1) is 16.0. The Morgan fingerprint density at radius 1 is 1.33 bits per heavy atom. The minimum absolute atomic E-state index is 0.0166. The molecule has 2 heterocycles. The third kappa shape index (κ3) is 2.70. The van der Waals surface area contributed by atoms with E-state index in [4.69, 9.17) is 0 Å². The Morgan fingerprint density at radius 3 is 2.75 bits per heavy atom. The van der Waals surface area contributed by atoms with E-state index in [1.807, 2.05) is 0 Å². The van der Waals surface area contributed by atoms with Gasteiger partial charge < -0.3 is 4.74 Å². The molecule has 24 heavy (non-hydrogen) atoms. The highest BCUT2D eigenvalue weighted by Crippen LogP contribution is 2.42. The van der Waals surface area contributed by atoms with E-state index in [1.54, 1.807) is 0 Å². The van der Waals surface area contributed by atoms with E-state index in [1.165, 1.54) is 31.3 Å². The van der Waals surface area contributed by atoms with Crippen molar-refractivity contribution in [2.75, 3.05) is 4.90 Å². The highest BCUT2D eigenvalue weighted by atomic mass is 19.3. The maximum absolute atomic E-state index is 13.9. The number of amides is 1. The number of Topliss-reactive ketones (excluding diaryl/α,β-unsaturated/α-hetero) is 1. The molecule has 8 heteroatoms. The molecular weight excluding hydrogens is 325 g/mol. The van der Waals surface area contributed by atoms with Crippen molar-refractivity contribution in [1.29, 1.82) is 0 Å². The summed E-state index contributed by atoms with van der Waals surface area (Å²) in [5, 5.41) is 0. The lowest BCUT2D eigenvalue weighted by atomic mass is 10.1. The molecule has 0 saturated heterocycles. The van der Waals surface area contributed by atoms with Crippen molar-refractivity contribution >= 4 is 17.4 Å². The van der Waals surface area contributed by atoms with Crippen LogP contribution >= 0.6 is 0 Å². The van der Waals surface area contributed by atoms with Crippen LogP contribution in [0.2, 0.25) is 0 Å². The summed E-state index contributed by atoms with van der Waals surface area (Å²) in [6, 6.07) is 5.24. The smallest absolute Gasteiger partial charge is 0.422 e. The Bertz CT molecular complexity index is 839. The average Bonchev–Trinajstić information content (AvgIpc) is 2.51. The SMILES string of the molecule is CC(=O)c1cccc2c1OC(F)(F)C(=O)N2Cc1cncc(F)c1. The number of hydrogen-bond acceptors (Lipinski definition) is 4. The molecule has 1 aliphatic rings. The van der Waals surface area contributed by atoms with Crippen molar-refractivity contribution in [1.82, 2.24) is 4.98 Å². The van der Waals surface area contributed by atoms with Gasteiger partial charge in [-0.3, -0.25) is 19.5 Å². The summed E-state index contributed by atoms with van der Waals surface area (Å²) in [5.74, 6) is -3.11. The fourth-order valence-electron chi connectivity index (χ4n) is 2.44. The molecule has 0 unspecified atom stereocenters. The summed E-state index contributed by atoms with van der Waals surface area (Å²) in [6.07, 6.45) is -1.90. The molecule has 1 aromatic heterocycles. The standard InChI is InChI=1S/C16H11F3N2O3/c1-9(22)12-3-2-4-13-14(12)24-16(18,19)15(23)21(13)8-10-5-11(17)7-20-6-10/h2-7H,8H2,1H3. The third-order valence-corrected chi connectivity index (χ3v) is 3.49. The lowest BCUT2D eigenvalue weighted by Crippen LogP contribution is -2.50. The van der Waals surface area contributed by atoms with Crippen LogP contribution in [-0.4, -0.2) is 22.8 Å². The van der Waals surface area contributed by atoms with E-state index in [9.17, 15) is 22.8 Å². The van der Waals surface area contributed by atoms with Gasteiger partial charge in [-0.15, -0.1) is 0 Å². The number of alkyl halides is 2. The number of benzene rings is 1. The van der Waals surface area contributed by atoms with Crippen molar-refractivity contribution in [3.8, 4) is 5.75 Å². The Morgan fingerprint density at radius 2 is 2.08 bits per heavy atom. The number of para-hydroxylation sites is 1. The van der Waals surface area contributed by atoms with Crippen LogP contribution < -0.4 is 9.64 Å². The van der Waals surface area contributed by atoms with E-state index in [0.29, 0.717) is 0 Å². The van der Waals surface area contributed by atoms with Crippen LogP contribution in [-0.2, 0) is 11.3 Å². The first-order chi connectivity index (χ1) is 11.3. The lowest BCUT2D eigenvalue weighted by Gasteiger charge is -2.34. The predicted molar refractivity (Wildman–Crippen MR) is 77.4 cm³/mol. The Hall–Kier alpha value is -2.90. The van der Waals surface area contributed by atoms with E-state index in [-0.39, 0.29) is 29.1 Å². The molecule has 2 aromatic rings. The number of ketones is 1. The first-order valence-corrected chi connectivity index (χ1v) is 6.92. The van der Waals surface area contributed by atoms with E-state index >= 15 is 0 Å². The fraction of sp³-hybridized carbons (Fsp3) is 0.188. The molecular formula is C16H11F3N2O3. The van der Waals surface area contributed by atoms with Crippen LogP contribution in [0.5, 0.6) is 5.75 Å². The lowest BCUT2D eigenvalue weighted by molar-refractivity contribution is -0.193. The van der Waals surface area contributed by atoms with Gasteiger partial charge in [0.05, 0.1) is 24.0 Å². The number of ether oxygens (including phenoxy) is 1. The van der Waals surface area contributed by atoms with Gasteiger partial charge in [0.2, 0.25) is 0 Å². The molecule has 1 aromatic carbocycles. The number of nitrogens with zero attached hydrogens (tertiary/aromatic N) is 2. The summed E-state index contributed by atoms with van der Waals surface area (Å²) < 4.78 is 45.6. The monoisotopic (exact) mass is 336 g/mol. The second-order valence-corrected chi connectivity index (χ2v) is 5.23. The first-order valence-electron chi connectivity index (χ1n) is 6.92. The number of carbonyl (C=O) groups excluding carboxylic acids is 2. The second kappa shape index (κ2) is 5.63. The van der Waals surface area contributed by atoms with Crippen molar-refractivity contribution in [2.45, 2.75) is 19.6 Å². The van der Waals surface area contributed by atoms with Gasteiger partial charge >= 0.3 is 12.0 Å². The van der Waals surface area contributed by atoms with Gasteiger partial charge in [-0.05, 0) is 30.7 Å². The summed E-state index contributed by atoms with van der Waals surface area (Å²) in [5.41, 5.74) is 0.171. The van der Waals surface area contributed by atoms with Crippen LogP contribution in [0.3, 0.4) is 0 Å². The van der Waals surface area contributed by atoms with Gasteiger partial charge in [0.15, 0.2) is 11.5 Å². The molecule has 0 aliphatic carbocycles. The number of halogens is 3. The van der Waals surface area contributed by atoms with Crippen LogP contribution in [0.1, 0.15) is 22.8 Å². The number of rotatable bonds is 3. The zero-order valence-corrected chi connectivity index (χ0v) is 12.4. The number of hydrogen-bond donors (Lipinski definition) is 0. The predicted octanol–water partition coefficient (Wildman–Crippen LogP) is 2.94. The van der Waals surface area contributed by atoms with Gasteiger partial charge in [0.1, 0.15) is 5.82 Å². The summed E-state index contributed by atoms with van der Waals surface area (Å²) in [7, 11) is 0. The quantitative estimate of drug-likeness (QED) is 0.809. The molecule has 0 spiro atoms. The van der Waals surface area contributed by atoms with E-state index in [2.05, 4.69) is 9.72 Å². The van der Waals surface area contributed by atoms with Crippen molar-refractivity contribution < 1.29 is 27.5 Å². The normalized spacial score (nSPS) is 15.7. The van der Waals surface area contributed by atoms with Gasteiger partial charge in [-0.1, -0.05) is 6.07 Å². The van der Waals surface area contributed by atoms with Crippen LogP contribution in [0.25, 0.3) is 0 Å². The van der Waals surface area contributed by atoms with Gasteiger partial charge in [0.25, 0.3) is 0 Å². The topological polar surface area (TPSA) is 59.5 Å². The molecule has 5 nitrogen and oxygen atoms in total. The molecule has 0 fully saturated rings. The largest absolute Gasteiger partial charge is 0.483 e. The number of fused-ring (bicyclic) bond motifs is 1. The summed E-state index contributed by atoms with van der Waals surface area (Å²) in [4.78, 5) is 28.0. The van der Waals surface area contributed by atoms with Gasteiger partial charge in [-0.2, -0.15) is 8.78 Å². The highest BCUT2D eigenvalue weighted by Gasteiger charge is 2.51. The van der Waals surface area contributed by atoms with Gasteiger partial charge in [-0.25, -0.2) is 4.39 Å². The Kier molecular flexibility index (Phi) is 3.75. The molecule has 0 radical (unpaired) electrons. The number of anilines is 1. The van der Waals surface area contributed by atoms with Crippen molar-refractivity contribution in [2.24, 2.45) is 0 Å². The number of aromatic nitrogens is 1. The van der Waals surface area contributed by atoms with Gasteiger partial charge in [0, 0.05) is 6.20 Å². The van der Waals surface area contributed by atoms with Crippen molar-refractivity contribution in [3.63, 3.8) is 0 Å². The zero-order chi connectivity index (χ0) is 17.5. The number of pyridine rings is 1. The van der Waals surface area contributed by atoms with Crippen LogP contribution in [0, 0.1) is 5.82 Å². The molecule has 0 bridgehead atoms. The maximum Gasteiger partial charge on any atom is 0.483 e. The minimum atomic E-state index is -4.13. The maximum atomic E-state index is 13.9. The molecule has 124 valence electrons. The van der Waals surface area contributed by atoms with Crippen molar-refractivity contribution in [3.05, 3.63) is 53.6 Å². The number of carbonyl (C=O) groups is 2. The van der Waals surface area contributed by atoms with E-state index in [0.717, 1.165) is 17.2 Å². The highest BCUT2D eigenvalue weighted by molar-refractivity contribution is 6.05. The molecule has 0 atom stereocenters. The minimum Gasteiger partial charge on any atom is -0.422 e. The molecule has 0 saturated carbocycles. The Balaban J connectivity index is 2.10. The van der Waals surface area contributed by atoms with E-state index < -0.39 is 23.6 Å². The Labute approximate surface area is 134 Å². The zero-order valence-electron chi connectivity index (χ0n) is 12.4. The molecule has 0 N–H and O–H groups in total. The molecule has 1 aliphatic heterocycles.